The highest BCUT2D eigenvalue weighted by Gasteiger charge is 2.31. The van der Waals surface area contributed by atoms with E-state index in [1.807, 2.05) is 0 Å². The molecule has 1 aliphatic heterocycles. The molecule has 100 valence electrons. The van der Waals surface area contributed by atoms with Gasteiger partial charge in [0.2, 0.25) is 0 Å². The fourth-order valence-corrected chi connectivity index (χ4v) is 2.12. The smallest absolute Gasteiger partial charge is 0.312 e. The number of ether oxygens (including phenoxy) is 1. The highest BCUT2D eigenvalue weighted by molar-refractivity contribution is 5.34. The molecule has 1 saturated heterocycles. The highest BCUT2D eigenvalue weighted by Crippen LogP contribution is 2.32. The van der Waals surface area contributed by atoms with Gasteiger partial charge in [-0.15, -0.1) is 0 Å². The van der Waals surface area contributed by atoms with Crippen LogP contribution < -0.4 is 5.73 Å². The molecule has 0 radical (unpaired) electrons. The Hall–Kier alpha value is -1.51. The van der Waals surface area contributed by atoms with Crippen molar-refractivity contribution in [3.05, 3.63) is 22.0 Å². The van der Waals surface area contributed by atoms with Crippen molar-refractivity contribution in [1.82, 2.24) is 9.78 Å². The van der Waals surface area contributed by atoms with Crippen molar-refractivity contribution in [2.45, 2.75) is 31.1 Å². The first-order valence-corrected chi connectivity index (χ1v) is 5.72. The second-order valence-electron chi connectivity index (χ2n) is 4.43. The summed E-state index contributed by atoms with van der Waals surface area (Å²) in [6.07, 6.45) is 1.09. The molecule has 0 bridgehead atoms. The Morgan fingerprint density at radius 1 is 1.67 bits per heavy atom. The molecule has 1 aromatic rings. The Kier molecular flexibility index (Phi) is 3.60. The second-order valence-corrected chi connectivity index (χ2v) is 4.43. The molecule has 0 spiro atoms. The average molecular weight is 256 g/mol. The molecule has 0 amide bonds. The summed E-state index contributed by atoms with van der Waals surface area (Å²) in [6, 6.07) is -0.359. The van der Waals surface area contributed by atoms with E-state index in [0.29, 0.717) is 18.5 Å². The Morgan fingerprint density at radius 3 is 3.06 bits per heavy atom. The molecule has 3 N–H and O–H groups in total. The SMILES string of the molecule is Cn1ncc([N+](=O)[O-])c1[C@@H]1CC[C@@H](N)[C@@H](O)CO1. The fraction of sp³-hybridized carbons (Fsp3) is 0.700. The summed E-state index contributed by atoms with van der Waals surface area (Å²) in [5.41, 5.74) is 6.10. The van der Waals surface area contributed by atoms with Gasteiger partial charge in [-0.25, -0.2) is 0 Å². The van der Waals surface area contributed by atoms with E-state index < -0.39 is 17.1 Å². The Morgan fingerprint density at radius 2 is 2.39 bits per heavy atom. The van der Waals surface area contributed by atoms with Gasteiger partial charge in [-0.1, -0.05) is 0 Å². The van der Waals surface area contributed by atoms with E-state index in [-0.39, 0.29) is 18.3 Å². The standard InChI is InChI=1S/C10H16N4O4/c1-13-10(7(4-12-13)14(16)17)9-3-2-6(11)8(15)5-18-9/h4,6,8-9,15H,2-3,5,11H2,1H3/t6-,8+,9+/m1/s1. The van der Waals surface area contributed by atoms with Gasteiger partial charge in [-0.3, -0.25) is 14.8 Å². The number of nitro groups is 1. The third kappa shape index (κ3) is 2.35. The number of nitrogens with zero attached hydrogens (tertiary/aromatic N) is 3. The van der Waals surface area contributed by atoms with Gasteiger partial charge in [-0.2, -0.15) is 5.10 Å². The summed E-state index contributed by atoms with van der Waals surface area (Å²) in [6.45, 7) is 0.0775. The van der Waals surface area contributed by atoms with Crippen LogP contribution in [0.4, 0.5) is 5.69 Å². The van der Waals surface area contributed by atoms with Crippen LogP contribution in [0.15, 0.2) is 6.20 Å². The van der Waals surface area contributed by atoms with Gasteiger partial charge in [0, 0.05) is 13.1 Å². The Labute approximate surface area is 103 Å². The molecule has 0 saturated carbocycles. The first kappa shape index (κ1) is 12.9. The van der Waals surface area contributed by atoms with Crippen LogP contribution in [0.2, 0.25) is 0 Å². The Balaban J connectivity index is 2.26. The zero-order chi connectivity index (χ0) is 13.3. The van der Waals surface area contributed by atoms with Crippen molar-refractivity contribution in [2.75, 3.05) is 6.61 Å². The van der Waals surface area contributed by atoms with Crippen LogP contribution in [0.3, 0.4) is 0 Å². The molecule has 0 unspecified atom stereocenters. The number of aromatic nitrogens is 2. The molecule has 1 fully saturated rings. The number of nitrogens with two attached hydrogens (primary N) is 1. The topological polar surface area (TPSA) is 116 Å². The van der Waals surface area contributed by atoms with Crippen LogP contribution in [0.1, 0.15) is 24.6 Å². The zero-order valence-corrected chi connectivity index (χ0v) is 10.0. The number of rotatable bonds is 2. The van der Waals surface area contributed by atoms with E-state index in [2.05, 4.69) is 5.10 Å². The van der Waals surface area contributed by atoms with Crippen molar-refractivity contribution in [3.63, 3.8) is 0 Å². The van der Waals surface area contributed by atoms with Crippen LogP contribution in [0.25, 0.3) is 0 Å². The quantitative estimate of drug-likeness (QED) is 0.562. The summed E-state index contributed by atoms with van der Waals surface area (Å²) in [7, 11) is 1.63. The van der Waals surface area contributed by atoms with E-state index >= 15 is 0 Å². The predicted molar refractivity (Wildman–Crippen MR) is 61.8 cm³/mol. The lowest BCUT2D eigenvalue weighted by molar-refractivity contribution is -0.386. The minimum atomic E-state index is -0.734. The maximum Gasteiger partial charge on any atom is 0.312 e. The minimum Gasteiger partial charge on any atom is -0.389 e. The molecule has 1 aliphatic rings. The van der Waals surface area contributed by atoms with Gasteiger partial charge in [0.1, 0.15) is 18.0 Å². The summed E-state index contributed by atoms with van der Waals surface area (Å²) >= 11 is 0. The van der Waals surface area contributed by atoms with Gasteiger partial charge in [-0.05, 0) is 12.8 Å². The van der Waals surface area contributed by atoms with Crippen LogP contribution in [-0.4, -0.2) is 38.6 Å². The molecule has 8 heteroatoms. The largest absolute Gasteiger partial charge is 0.389 e. The van der Waals surface area contributed by atoms with Gasteiger partial charge < -0.3 is 15.6 Å². The minimum absolute atomic E-state index is 0.0625. The molecule has 0 aromatic carbocycles. The van der Waals surface area contributed by atoms with Crippen molar-refractivity contribution in [3.8, 4) is 0 Å². The maximum atomic E-state index is 10.9. The van der Waals surface area contributed by atoms with Gasteiger partial charge >= 0.3 is 5.69 Å². The van der Waals surface area contributed by atoms with Crippen molar-refractivity contribution >= 4 is 5.69 Å². The number of hydrogen-bond donors (Lipinski definition) is 2. The molecular weight excluding hydrogens is 240 g/mol. The van der Waals surface area contributed by atoms with Gasteiger partial charge in [0.05, 0.1) is 17.6 Å². The molecule has 0 aliphatic carbocycles. The van der Waals surface area contributed by atoms with Gasteiger partial charge in [0.15, 0.2) is 0 Å². The Bertz CT molecular complexity index is 435. The van der Waals surface area contributed by atoms with E-state index in [1.54, 1.807) is 7.05 Å². The molecular formula is C10H16N4O4. The van der Waals surface area contributed by atoms with Crippen molar-refractivity contribution in [1.29, 1.82) is 0 Å². The molecule has 8 nitrogen and oxygen atoms in total. The number of hydrogen-bond acceptors (Lipinski definition) is 6. The first-order valence-electron chi connectivity index (χ1n) is 5.72. The number of aryl methyl sites for hydroxylation is 1. The third-order valence-corrected chi connectivity index (χ3v) is 3.19. The maximum absolute atomic E-state index is 10.9. The molecule has 2 rings (SSSR count). The molecule has 3 atom stereocenters. The molecule has 1 aromatic heterocycles. The van der Waals surface area contributed by atoms with Crippen molar-refractivity contribution in [2.24, 2.45) is 12.8 Å². The first-order chi connectivity index (χ1) is 8.50. The summed E-state index contributed by atoms with van der Waals surface area (Å²) < 4.78 is 6.94. The van der Waals surface area contributed by atoms with Crippen LogP contribution in [-0.2, 0) is 11.8 Å². The summed E-state index contributed by atoms with van der Waals surface area (Å²) in [4.78, 5) is 10.4. The number of aliphatic hydroxyl groups is 1. The van der Waals surface area contributed by atoms with Crippen molar-refractivity contribution < 1.29 is 14.8 Å². The van der Waals surface area contributed by atoms with Crippen LogP contribution in [0.5, 0.6) is 0 Å². The summed E-state index contributed by atoms with van der Waals surface area (Å²) in [5, 5.41) is 24.4. The van der Waals surface area contributed by atoms with E-state index in [9.17, 15) is 15.2 Å². The normalized spacial score (nSPS) is 28.9. The van der Waals surface area contributed by atoms with Crippen LogP contribution >= 0.6 is 0 Å². The highest BCUT2D eigenvalue weighted by atomic mass is 16.6. The molecule has 2 heterocycles. The lowest BCUT2D eigenvalue weighted by Crippen LogP contribution is -2.35. The monoisotopic (exact) mass is 256 g/mol. The lowest BCUT2D eigenvalue weighted by atomic mass is 10.0. The summed E-state index contributed by atoms with van der Waals surface area (Å²) in [5.74, 6) is 0. The van der Waals surface area contributed by atoms with E-state index in [4.69, 9.17) is 10.5 Å². The third-order valence-electron chi connectivity index (χ3n) is 3.19. The number of aliphatic hydroxyl groups excluding tert-OH is 1. The van der Waals surface area contributed by atoms with E-state index in [0.717, 1.165) is 0 Å². The lowest BCUT2D eigenvalue weighted by Gasteiger charge is -2.15. The predicted octanol–water partition coefficient (Wildman–Crippen LogP) is -0.132. The van der Waals surface area contributed by atoms with Gasteiger partial charge in [0.25, 0.3) is 0 Å². The molecule has 18 heavy (non-hydrogen) atoms. The second kappa shape index (κ2) is 5.01. The average Bonchev–Trinajstić information content (AvgIpc) is 2.63. The van der Waals surface area contributed by atoms with Crippen LogP contribution in [0, 0.1) is 10.1 Å². The zero-order valence-electron chi connectivity index (χ0n) is 10.0. The fourth-order valence-electron chi connectivity index (χ4n) is 2.12. The van der Waals surface area contributed by atoms with E-state index in [1.165, 1.54) is 10.9 Å².